The van der Waals surface area contributed by atoms with Crippen molar-refractivity contribution in [2.45, 2.75) is 25.7 Å². The van der Waals surface area contributed by atoms with E-state index in [9.17, 15) is 4.79 Å². The molecule has 88 valence electrons. The molecule has 17 heavy (non-hydrogen) atoms. The van der Waals surface area contributed by atoms with Crippen LogP contribution in [-0.4, -0.2) is 21.1 Å². The lowest BCUT2D eigenvalue weighted by Crippen LogP contribution is -2.26. The quantitative estimate of drug-likeness (QED) is 0.736. The Labute approximate surface area is 98.3 Å². The van der Waals surface area contributed by atoms with Crippen molar-refractivity contribution in [2.24, 2.45) is 5.92 Å². The third-order valence-electron chi connectivity index (χ3n) is 3.19. The molecule has 1 fully saturated rings. The van der Waals surface area contributed by atoms with Crippen LogP contribution in [-0.2, 0) is 4.79 Å². The molecule has 1 heterocycles. The summed E-state index contributed by atoms with van der Waals surface area (Å²) in [5.74, 6) is -0.170. The highest BCUT2D eigenvalue weighted by molar-refractivity contribution is 5.76. The predicted molar refractivity (Wildman–Crippen MR) is 61.1 cm³/mol. The first kappa shape index (κ1) is 10.3. The molecule has 0 atom stereocenters. The molecule has 5 heteroatoms. The third kappa shape index (κ3) is 1.88. The Kier molecular flexibility index (Phi) is 2.51. The number of carbonyl (C=O) groups is 1. The number of nitrogens with zero attached hydrogens (tertiary/aromatic N) is 3. The number of fused-ring (bicyclic) bond motifs is 1. The van der Waals surface area contributed by atoms with Gasteiger partial charge in [0.25, 0.3) is 0 Å². The maximum Gasteiger partial charge on any atom is 0.338 e. The molecule has 2 aromatic rings. The molecule has 0 spiro atoms. The number of rotatable bonds is 2. The van der Waals surface area contributed by atoms with Gasteiger partial charge in [-0.2, -0.15) is 0 Å². The van der Waals surface area contributed by atoms with Gasteiger partial charge in [-0.25, -0.2) is 4.79 Å². The standard InChI is InChI=1S/C12H13N3O2/c16-12(9-5-1-2-6-9)17-15-11-8-4-3-7-10(11)13-14-15/h3-4,7-9H,1-2,5-6H2. The second-order valence-corrected chi connectivity index (χ2v) is 4.34. The molecule has 1 aliphatic carbocycles. The summed E-state index contributed by atoms with van der Waals surface area (Å²) in [4.78, 5) is 18.3. The zero-order valence-corrected chi connectivity index (χ0v) is 9.37. The van der Waals surface area contributed by atoms with Gasteiger partial charge in [0.1, 0.15) is 11.0 Å². The van der Waals surface area contributed by atoms with E-state index in [1.807, 2.05) is 24.3 Å². The highest BCUT2D eigenvalue weighted by atomic mass is 16.7. The molecule has 3 rings (SSSR count). The predicted octanol–water partition coefficient (Wildman–Crippen LogP) is 1.58. The SMILES string of the molecule is O=C(On1nnc2ccccc21)C1CCCC1. The molecule has 0 amide bonds. The van der Waals surface area contributed by atoms with E-state index in [0.29, 0.717) is 0 Å². The molecule has 1 saturated carbocycles. The van der Waals surface area contributed by atoms with Gasteiger partial charge in [0.15, 0.2) is 0 Å². The summed E-state index contributed by atoms with van der Waals surface area (Å²) in [7, 11) is 0. The van der Waals surface area contributed by atoms with E-state index in [-0.39, 0.29) is 11.9 Å². The third-order valence-corrected chi connectivity index (χ3v) is 3.19. The maximum absolute atomic E-state index is 11.8. The van der Waals surface area contributed by atoms with Crippen LogP contribution < -0.4 is 4.84 Å². The largest absolute Gasteiger partial charge is 0.338 e. The van der Waals surface area contributed by atoms with Crippen molar-refractivity contribution < 1.29 is 9.63 Å². The summed E-state index contributed by atoms with van der Waals surface area (Å²) in [5, 5.41) is 7.76. The smallest absolute Gasteiger partial charge is 0.317 e. The first-order valence-corrected chi connectivity index (χ1v) is 5.87. The Morgan fingerprint density at radius 1 is 1.29 bits per heavy atom. The summed E-state index contributed by atoms with van der Waals surface area (Å²) < 4.78 is 0. The highest BCUT2D eigenvalue weighted by Gasteiger charge is 2.25. The van der Waals surface area contributed by atoms with E-state index in [1.165, 1.54) is 4.85 Å². The monoisotopic (exact) mass is 231 g/mol. The number of benzene rings is 1. The molecule has 0 aliphatic heterocycles. The number of para-hydroxylation sites is 1. The minimum Gasteiger partial charge on any atom is -0.317 e. The minimum atomic E-state index is -0.196. The van der Waals surface area contributed by atoms with Crippen molar-refractivity contribution in [3.63, 3.8) is 0 Å². The number of hydrogen-bond donors (Lipinski definition) is 0. The fourth-order valence-corrected chi connectivity index (χ4v) is 2.24. The van der Waals surface area contributed by atoms with Crippen LogP contribution in [0, 0.1) is 5.92 Å². The molecule has 0 saturated heterocycles. The first-order valence-electron chi connectivity index (χ1n) is 5.87. The topological polar surface area (TPSA) is 57.0 Å². The van der Waals surface area contributed by atoms with Crippen LogP contribution in [0.3, 0.4) is 0 Å². The highest BCUT2D eigenvalue weighted by Crippen LogP contribution is 2.25. The Morgan fingerprint density at radius 3 is 2.88 bits per heavy atom. The van der Waals surface area contributed by atoms with Gasteiger partial charge in [-0.15, -0.1) is 5.10 Å². The Balaban J connectivity index is 1.82. The van der Waals surface area contributed by atoms with Gasteiger partial charge in [-0.05, 0) is 30.2 Å². The minimum absolute atomic E-state index is 0.0259. The van der Waals surface area contributed by atoms with E-state index in [2.05, 4.69) is 10.3 Å². The molecule has 1 aromatic carbocycles. The van der Waals surface area contributed by atoms with Gasteiger partial charge in [0.2, 0.25) is 0 Å². The molecule has 0 N–H and O–H groups in total. The lowest BCUT2D eigenvalue weighted by molar-refractivity contribution is -0.150. The van der Waals surface area contributed by atoms with Gasteiger partial charge in [-0.1, -0.05) is 29.8 Å². The van der Waals surface area contributed by atoms with E-state index >= 15 is 0 Å². The number of aromatic nitrogens is 3. The van der Waals surface area contributed by atoms with Gasteiger partial charge in [0, 0.05) is 0 Å². The lowest BCUT2D eigenvalue weighted by atomic mass is 10.1. The molecule has 0 unspecified atom stereocenters. The van der Waals surface area contributed by atoms with Crippen LogP contribution in [0.5, 0.6) is 0 Å². The van der Waals surface area contributed by atoms with Crippen LogP contribution in [0.15, 0.2) is 24.3 Å². The molecule has 0 radical (unpaired) electrons. The lowest BCUT2D eigenvalue weighted by Gasteiger charge is -2.07. The van der Waals surface area contributed by atoms with Crippen molar-refractivity contribution in [2.75, 3.05) is 0 Å². The van der Waals surface area contributed by atoms with Crippen LogP contribution in [0.4, 0.5) is 0 Å². The van der Waals surface area contributed by atoms with Crippen LogP contribution in [0.1, 0.15) is 25.7 Å². The van der Waals surface area contributed by atoms with Crippen LogP contribution in [0.2, 0.25) is 0 Å². The van der Waals surface area contributed by atoms with Gasteiger partial charge in [0.05, 0.1) is 5.92 Å². The van der Waals surface area contributed by atoms with Crippen molar-refractivity contribution in [1.29, 1.82) is 0 Å². The summed E-state index contributed by atoms with van der Waals surface area (Å²) in [6.45, 7) is 0. The average Bonchev–Trinajstić information content (AvgIpc) is 2.98. The van der Waals surface area contributed by atoms with Crippen molar-refractivity contribution >= 4 is 17.0 Å². The molecule has 1 aromatic heterocycles. The van der Waals surface area contributed by atoms with Crippen molar-refractivity contribution in [3.05, 3.63) is 24.3 Å². The van der Waals surface area contributed by atoms with E-state index in [4.69, 9.17) is 4.84 Å². The normalized spacial score (nSPS) is 16.5. The van der Waals surface area contributed by atoms with Crippen molar-refractivity contribution in [1.82, 2.24) is 15.2 Å². The second kappa shape index (κ2) is 4.16. The maximum atomic E-state index is 11.8. The zero-order chi connectivity index (χ0) is 11.7. The van der Waals surface area contributed by atoms with Gasteiger partial charge >= 0.3 is 5.97 Å². The number of carbonyl (C=O) groups excluding carboxylic acids is 1. The fourth-order valence-electron chi connectivity index (χ4n) is 2.24. The Morgan fingerprint density at radius 2 is 2.06 bits per heavy atom. The molecule has 1 aliphatic rings. The van der Waals surface area contributed by atoms with E-state index in [0.717, 1.165) is 36.7 Å². The van der Waals surface area contributed by atoms with E-state index in [1.54, 1.807) is 0 Å². The molecular formula is C12H13N3O2. The Bertz CT molecular complexity index is 543. The second-order valence-electron chi connectivity index (χ2n) is 4.34. The summed E-state index contributed by atoms with van der Waals surface area (Å²) in [6, 6.07) is 7.41. The first-order chi connectivity index (χ1) is 8.34. The van der Waals surface area contributed by atoms with Gasteiger partial charge in [-0.3, -0.25) is 0 Å². The number of hydrogen-bond acceptors (Lipinski definition) is 4. The summed E-state index contributed by atoms with van der Waals surface area (Å²) in [5.41, 5.74) is 1.45. The van der Waals surface area contributed by atoms with Gasteiger partial charge < -0.3 is 4.84 Å². The van der Waals surface area contributed by atoms with Crippen molar-refractivity contribution in [3.8, 4) is 0 Å². The Hall–Kier alpha value is -1.91. The average molecular weight is 231 g/mol. The molecule has 0 bridgehead atoms. The van der Waals surface area contributed by atoms with Crippen LogP contribution >= 0.6 is 0 Å². The summed E-state index contributed by atoms with van der Waals surface area (Å²) >= 11 is 0. The molecule has 5 nitrogen and oxygen atoms in total. The zero-order valence-electron chi connectivity index (χ0n) is 9.37. The fraction of sp³-hybridized carbons (Fsp3) is 0.417. The van der Waals surface area contributed by atoms with E-state index < -0.39 is 0 Å². The molecular weight excluding hydrogens is 218 g/mol. The van der Waals surface area contributed by atoms with Crippen LogP contribution in [0.25, 0.3) is 11.0 Å². The summed E-state index contributed by atoms with van der Waals surface area (Å²) in [6.07, 6.45) is 4.06.